The standard InChI is InChI=1S/C9H6BrIS/c1-5-9(10)7-3-2-6(11)4-8(7)12-5/h2-4H,1H3. The Morgan fingerprint density at radius 2 is 2.17 bits per heavy atom. The molecule has 2 rings (SSSR count). The van der Waals surface area contributed by atoms with Crippen molar-refractivity contribution >= 4 is 59.9 Å². The minimum absolute atomic E-state index is 1.25. The van der Waals surface area contributed by atoms with Gasteiger partial charge in [0, 0.05) is 23.0 Å². The first-order chi connectivity index (χ1) is 5.68. The molecule has 0 spiro atoms. The SMILES string of the molecule is Cc1sc2cc(I)ccc2c1Br. The van der Waals surface area contributed by atoms with Crippen LogP contribution in [-0.2, 0) is 0 Å². The first-order valence-electron chi connectivity index (χ1n) is 3.52. The van der Waals surface area contributed by atoms with Gasteiger partial charge in [0.15, 0.2) is 0 Å². The normalized spacial score (nSPS) is 10.9. The maximum atomic E-state index is 3.58. The van der Waals surface area contributed by atoms with E-state index in [0.29, 0.717) is 0 Å². The van der Waals surface area contributed by atoms with Crippen molar-refractivity contribution in [2.24, 2.45) is 0 Å². The van der Waals surface area contributed by atoms with Gasteiger partial charge in [0.25, 0.3) is 0 Å². The van der Waals surface area contributed by atoms with Gasteiger partial charge in [-0.15, -0.1) is 11.3 Å². The van der Waals surface area contributed by atoms with Crippen LogP contribution in [0.25, 0.3) is 10.1 Å². The molecule has 0 amide bonds. The second kappa shape index (κ2) is 3.27. The molecule has 0 N–H and O–H groups in total. The van der Waals surface area contributed by atoms with Crippen LogP contribution in [0.5, 0.6) is 0 Å². The second-order valence-electron chi connectivity index (χ2n) is 2.61. The van der Waals surface area contributed by atoms with E-state index in [4.69, 9.17) is 0 Å². The summed E-state index contributed by atoms with van der Waals surface area (Å²) in [5.74, 6) is 0. The quantitative estimate of drug-likeness (QED) is 0.609. The summed E-state index contributed by atoms with van der Waals surface area (Å²) in [6.45, 7) is 2.14. The van der Waals surface area contributed by atoms with E-state index in [-0.39, 0.29) is 0 Å². The fourth-order valence-electron chi connectivity index (χ4n) is 1.16. The minimum atomic E-state index is 1.25. The van der Waals surface area contributed by atoms with E-state index >= 15 is 0 Å². The Labute approximate surface area is 97.2 Å². The van der Waals surface area contributed by atoms with E-state index in [2.05, 4.69) is 63.6 Å². The largest absolute Gasteiger partial charge is 0.139 e. The summed E-state index contributed by atoms with van der Waals surface area (Å²) < 4.78 is 3.92. The number of halogens is 2. The highest BCUT2D eigenvalue weighted by atomic mass is 127. The zero-order chi connectivity index (χ0) is 8.72. The number of thiophene rings is 1. The van der Waals surface area contributed by atoms with Crippen LogP contribution in [-0.4, -0.2) is 0 Å². The van der Waals surface area contributed by atoms with Crippen LogP contribution in [0.3, 0.4) is 0 Å². The zero-order valence-electron chi connectivity index (χ0n) is 6.40. The van der Waals surface area contributed by atoms with Gasteiger partial charge in [-0.05, 0) is 57.6 Å². The average molecular weight is 353 g/mol. The van der Waals surface area contributed by atoms with Crippen LogP contribution in [0.1, 0.15) is 4.88 Å². The number of hydrogen-bond donors (Lipinski definition) is 0. The van der Waals surface area contributed by atoms with Crippen molar-refractivity contribution < 1.29 is 0 Å². The Morgan fingerprint density at radius 3 is 2.92 bits per heavy atom. The van der Waals surface area contributed by atoms with Crippen molar-refractivity contribution in [1.82, 2.24) is 0 Å². The summed E-state index contributed by atoms with van der Waals surface area (Å²) >= 11 is 7.76. The van der Waals surface area contributed by atoms with Gasteiger partial charge < -0.3 is 0 Å². The van der Waals surface area contributed by atoms with E-state index < -0.39 is 0 Å². The molecule has 0 fully saturated rings. The molecule has 3 heteroatoms. The van der Waals surface area contributed by atoms with Gasteiger partial charge in [0.05, 0.1) is 0 Å². The molecule has 0 radical (unpaired) electrons. The Balaban J connectivity index is 2.87. The van der Waals surface area contributed by atoms with Gasteiger partial charge in [-0.1, -0.05) is 6.07 Å². The number of aryl methyl sites for hydroxylation is 1. The summed E-state index contributed by atoms with van der Waals surface area (Å²) in [6, 6.07) is 6.53. The molecule has 0 aliphatic heterocycles. The van der Waals surface area contributed by atoms with E-state index in [1.807, 2.05) is 11.3 Å². The molecule has 0 saturated carbocycles. The van der Waals surface area contributed by atoms with E-state index in [1.54, 1.807) is 0 Å². The molecule has 1 aromatic heterocycles. The highest BCUT2D eigenvalue weighted by molar-refractivity contribution is 14.1. The van der Waals surface area contributed by atoms with E-state index in [0.717, 1.165) is 0 Å². The van der Waals surface area contributed by atoms with Gasteiger partial charge in [0.2, 0.25) is 0 Å². The Morgan fingerprint density at radius 1 is 1.42 bits per heavy atom. The smallest absolute Gasteiger partial charge is 0.0390 e. The third-order valence-electron chi connectivity index (χ3n) is 1.75. The van der Waals surface area contributed by atoms with Crippen molar-refractivity contribution in [1.29, 1.82) is 0 Å². The summed E-state index contributed by atoms with van der Waals surface area (Å²) in [6.07, 6.45) is 0. The molecule has 0 aliphatic carbocycles. The van der Waals surface area contributed by atoms with Crippen LogP contribution in [0.4, 0.5) is 0 Å². The zero-order valence-corrected chi connectivity index (χ0v) is 11.0. The lowest BCUT2D eigenvalue weighted by molar-refractivity contribution is 1.61. The Kier molecular flexibility index (Phi) is 2.44. The maximum Gasteiger partial charge on any atom is 0.0390 e. The lowest BCUT2D eigenvalue weighted by Gasteiger charge is -1.90. The molecule has 0 aliphatic rings. The fraction of sp³-hybridized carbons (Fsp3) is 0.111. The first-order valence-corrected chi connectivity index (χ1v) is 6.21. The van der Waals surface area contributed by atoms with Crippen molar-refractivity contribution in [2.45, 2.75) is 6.92 Å². The van der Waals surface area contributed by atoms with Crippen LogP contribution in [0.2, 0.25) is 0 Å². The molecule has 12 heavy (non-hydrogen) atoms. The van der Waals surface area contributed by atoms with Crippen LogP contribution < -0.4 is 0 Å². The Hall–Kier alpha value is 0.390. The van der Waals surface area contributed by atoms with Gasteiger partial charge in [-0.3, -0.25) is 0 Å². The predicted molar refractivity (Wildman–Crippen MR) is 67.0 cm³/mol. The van der Waals surface area contributed by atoms with Gasteiger partial charge >= 0.3 is 0 Å². The van der Waals surface area contributed by atoms with Crippen molar-refractivity contribution in [3.63, 3.8) is 0 Å². The molecule has 0 saturated heterocycles. The highest BCUT2D eigenvalue weighted by Gasteiger charge is 2.05. The summed E-state index contributed by atoms with van der Waals surface area (Å²) in [5, 5.41) is 1.33. The predicted octanol–water partition coefficient (Wildman–Crippen LogP) is 4.58. The van der Waals surface area contributed by atoms with Crippen LogP contribution in [0, 0.1) is 10.5 Å². The molecule has 0 unspecified atom stereocenters. The van der Waals surface area contributed by atoms with E-state index in [9.17, 15) is 0 Å². The third-order valence-corrected chi connectivity index (χ3v) is 4.78. The van der Waals surface area contributed by atoms with Crippen LogP contribution >= 0.6 is 49.9 Å². The molecule has 62 valence electrons. The fourth-order valence-corrected chi connectivity index (χ4v) is 3.58. The van der Waals surface area contributed by atoms with Crippen LogP contribution in [0.15, 0.2) is 22.7 Å². The number of rotatable bonds is 0. The monoisotopic (exact) mass is 352 g/mol. The molecule has 1 aromatic carbocycles. The van der Waals surface area contributed by atoms with Gasteiger partial charge in [-0.25, -0.2) is 0 Å². The van der Waals surface area contributed by atoms with Gasteiger partial charge in [-0.2, -0.15) is 0 Å². The molecular formula is C9H6BrIS. The number of hydrogen-bond acceptors (Lipinski definition) is 1. The topological polar surface area (TPSA) is 0 Å². The highest BCUT2D eigenvalue weighted by Crippen LogP contribution is 2.35. The number of benzene rings is 1. The minimum Gasteiger partial charge on any atom is -0.139 e. The van der Waals surface area contributed by atoms with Crippen molar-refractivity contribution in [2.75, 3.05) is 0 Å². The molecule has 0 bridgehead atoms. The molecule has 0 atom stereocenters. The lowest BCUT2D eigenvalue weighted by atomic mass is 10.2. The van der Waals surface area contributed by atoms with E-state index in [1.165, 1.54) is 23.0 Å². The average Bonchev–Trinajstić information content (AvgIpc) is 2.28. The molecule has 0 nitrogen and oxygen atoms in total. The summed E-state index contributed by atoms with van der Waals surface area (Å²) in [7, 11) is 0. The lowest BCUT2D eigenvalue weighted by Crippen LogP contribution is -1.68. The molecule has 1 heterocycles. The molecule has 2 aromatic rings. The second-order valence-corrected chi connectivity index (χ2v) is 5.91. The van der Waals surface area contributed by atoms with Crippen molar-refractivity contribution in [3.8, 4) is 0 Å². The summed E-state index contributed by atoms with van der Waals surface area (Å²) in [4.78, 5) is 1.35. The van der Waals surface area contributed by atoms with Crippen molar-refractivity contribution in [3.05, 3.63) is 31.1 Å². The van der Waals surface area contributed by atoms with Gasteiger partial charge in [0.1, 0.15) is 0 Å². The first kappa shape index (κ1) is 8.97. The molecular weight excluding hydrogens is 347 g/mol. The Bertz CT molecular complexity index is 433. The maximum absolute atomic E-state index is 3.58. The summed E-state index contributed by atoms with van der Waals surface area (Å²) in [5.41, 5.74) is 0. The third kappa shape index (κ3) is 1.42. The number of fused-ring (bicyclic) bond motifs is 1.